The maximum Gasteiger partial charge on any atom is 0.172 e. The molecule has 1 spiro atoms. The molecule has 0 amide bonds. The van der Waals surface area contributed by atoms with E-state index in [-0.39, 0.29) is 36.8 Å². The third-order valence-corrected chi connectivity index (χ3v) is 9.45. The quantitative estimate of drug-likeness (QED) is 0.581. The molecule has 0 aromatic carbocycles. The van der Waals surface area contributed by atoms with Crippen molar-refractivity contribution in [2.45, 2.75) is 76.5 Å². The van der Waals surface area contributed by atoms with Gasteiger partial charge < -0.3 is 24.8 Å². The number of aliphatic hydroxyl groups is 3. The van der Waals surface area contributed by atoms with E-state index in [1.165, 1.54) is 7.11 Å². The van der Waals surface area contributed by atoms with Gasteiger partial charge in [-0.05, 0) is 42.7 Å². The average Bonchev–Trinajstić information content (AvgIpc) is 3.34. The molecule has 0 aromatic heterocycles. The van der Waals surface area contributed by atoms with E-state index in [4.69, 9.17) is 9.47 Å². The van der Waals surface area contributed by atoms with Crippen LogP contribution in [0.5, 0.6) is 0 Å². The van der Waals surface area contributed by atoms with Crippen LogP contribution in [-0.2, 0) is 14.3 Å². The van der Waals surface area contributed by atoms with Gasteiger partial charge in [-0.3, -0.25) is 4.79 Å². The molecule has 2 bridgehead atoms. The van der Waals surface area contributed by atoms with Crippen molar-refractivity contribution in [1.29, 1.82) is 0 Å². The minimum Gasteiger partial charge on any atom is -0.389 e. The highest BCUT2D eigenvalue weighted by Gasteiger charge is 2.80. The molecule has 3 N–H and O–H groups in total. The van der Waals surface area contributed by atoms with E-state index in [1.54, 1.807) is 0 Å². The SMILES string of the molecule is COC1C(=O)[C@]23C[C@H]2CC2OC[C@@]2(O)C3C(C)C2(O)CC(O)C(C)=C1C2(C)C. The lowest BCUT2D eigenvalue weighted by Crippen LogP contribution is -2.74. The fourth-order valence-electron chi connectivity index (χ4n) is 7.77. The Hall–Kier alpha value is -0.790. The third-order valence-electron chi connectivity index (χ3n) is 9.45. The third kappa shape index (κ3) is 1.82. The zero-order valence-corrected chi connectivity index (χ0v) is 17.4. The zero-order valence-electron chi connectivity index (χ0n) is 17.4. The average molecular weight is 392 g/mol. The minimum absolute atomic E-state index is 0.00852. The van der Waals surface area contributed by atoms with Crippen molar-refractivity contribution in [1.82, 2.24) is 0 Å². The summed E-state index contributed by atoms with van der Waals surface area (Å²) < 4.78 is 11.5. The van der Waals surface area contributed by atoms with Gasteiger partial charge in [-0.2, -0.15) is 0 Å². The summed E-state index contributed by atoms with van der Waals surface area (Å²) in [6, 6.07) is 0. The molecule has 4 fully saturated rings. The molecule has 5 rings (SSSR count). The molecule has 9 atom stereocenters. The summed E-state index contributed by atoms with van der Waals surface area (Å²) in [5.41, 5.74) is -2.37. The molecule has 4 aliphatic carbocycles. The van der Waals surface area contributed by atoms with E-state index in [0.29, 0.717) is 18.4 Å². The number of hydrogen-bond acceptors (Lipinski definition) is 6. The molecule has 6 unspecified atom stereocenters. The molecule has 1 aliphatic heterocycles. The molecule has 0 radical (unpaired) electrons. The molecule has 1 heterocycles. The van der Waals surface area contributed by atoms with Gasteiger partial charge in [0.05, 0.1) is 24.4 Å². The van der Waals surface area contributed by atoms with Crippen LogP contribution in [0.2, 0.25) is 0 Å². The Kier molecular flexibility index (Phi) is 3.61. The molecule has 6 heteroatoms. The van der Waals surface area contributed by atoms with Gasteiger partial charge in [0, 0.05) is 30.3 Å². The fraction of sp³-hybridized carbons (Fsp3) is 0.864. The molecular formula is C22H32O6. The first-order valence-corrected chi connectivity index (χ1v) is 10.5. The monoisotopic (exact) mass is 392 g/mol. The molecule has 1 saturated heterocycles. The second-order valence-corrected chi connectivity index (χ2v) is 10.6. The van der Waals surface area contributed by atoms with Crippen LogP contribution in [-0.4, -0.2) is 64.3 Å². The second-order valence-electron chi connectivity index (χ2n) is 10.6. The van der Waals surface area contributed by atoms with E-state index in [1.807, 2.05) is 27.7 Å². The van der Waals surface area contributed by atoms with Gasteiger partial charge in [0.15, 0.2) is 5.78 Å². The Morgan fingerprint density at radius 3 is 2.46 bits per heavy atom. The van der Waals surface area contributed by atoms with Gasteiger partial charge in [-0.25, -0.2) is 0 Å². The topological polar surface area (TPSA) is 96.2 Å². The van der Waals surface area contributed by atoms with Crippen LogP contribution in [0, 0.1) is 28.6 Å². The maximum atomic E-state index is 14.0. The lowest BCUT2D eigenvalue weighted by Gasteiger charge is -2.64. The van der Waals surface area contributed by atoms with Gasteiger partial charge in [0.25, 0.3) is 0 Å². The van der Waals surface area contributed by atoms with Gasteiger partial charge in [0.2, 0.25) is 0 Å². The number of methoxy groups -OCH3 is 1. The summed E-state index contributed by atoms with van der Waals surface area (Å²) in [5, 5.41) is 34.5. The van der Waals surface area contributed by atoms with Crippen molar-refractivity contribution < 1.29 is 29.6 Å². The number of rotatable bonds is 1. The van der Waals surface area contributed by atoms with Crippen LogP contribution in [0.1, 0.15) is 47.0 Å². The summed E-state index contributed by atoms with van der Waals surface area (Å²) in [5.74, 6) is -0.607. The molecule has 3 saturated carbocycles. The summed E-state index contributed by atoms with van der Waals surface area (Å²) in [6.45, 7) is 7.88. The molecule has 156 valence electrons. The molecule has 0 aromatic rings. The number of carbonyl (C=O) groups excluding carboxylic acids is 1. The fourth-order valence-corrected chi connectivity index (χ4v) is 7.77. The van der Waals surface area contributed by atoms with E-state index in [0.717, 1.165) is 5.57 Å². The van der Waals surface area contributed by atoms with Gasteiger partial charge in [-0.15, -0.1) is 0 Å². The maximum absolute atomic E-state index is 14.0. The highest BCUT2D eigenvalue weighted by Crippen LogP contribution is 2.74. The molecule has 6 nitrogen and oxygen atoms in total. The van der Waals surface area contributed by atoms with Crippen molar-refractivity contribution in [3.8, 4) is 0 Å². The van der Waals surface area contributed by atoms with Crippen molar-refractivity contribution >= 4 is 5.78 Å². The Morgan fingerprint density at radius 1 is 1.21 bits per heavy atom. The summed E-state index contributed by atoms with van der Waals surface area (Å²) >= 11 is 0. The van der Waals surface area contributed by atoms with Crippen LogP contribution < -0.4 is 0 Å². The Labute approximate surface area is 165 Å². The van der Waals surface area contributed by atoms with Crippen molar-refractivity contribution in [2.75, 3.05) is 13.7 Å². The summed E-state index contributed by atoms with van der Waals surface area (Å²) in [6.07, 6.45) is -0.321. The van der Waals surface area contributed by atoms with E-state index in [9.17, 15) is 20.1 Å². The van der Waals surface area contributed by atoms with E-state index >= 15 is 0 Å². The first-order valence-electron chi connectivity index (χ1n) is 10.5. The van der Waals surface area contributed by atoms with E-state index in [2.05, 4.69) is 0 Å². The predicted molar refractivity (Wildman–Crippen MR) is 100 cm³/mol. The Bertz CT molecular complexity index is 788. The Balaban J connectivity index is 1.78. The second kappa shape index (κ2) is 5.27. The number of Topliss-reactive ketones (excluding diaryl/α,β-unsaturated/α-hetero) is 1. The highest BCUT2D eigenvalue weighted by atomic mass is 16.6. The number of hydrogen-bond donors (Lipinski definition) is 3. The molecule has 5 aliphatic rings. The Morgan fingerprint density at radius 2 is 1.89 bits per heavy atom. The number of fused-ring (bicyclic) bond motifs is 4. The van der Waals surface area contributed by atoms with Gasteiger partial charge in [-0.1, -0.05) is 20.8 Å². The molecular weight excluding hydrogens is 360 g/mol. The first kappa shape index (κ1) is 19.2. The van der Waals surface area contributed by atoms with Gasteiger partial charge in [0.1, 0.15) is 11.7 Å². The number of carbonyl (C=O) groups is 1. The lowest BCUT2D eigenvalue weighted by molar-refractivity contribution is -0.310. The summed E-state index contributed by atoms with van der Waals surface area (Å²) in [7, 11) is 1.53. The molecule has 28 heavy (non-hydrogen) atoms. The minimum atomic E-state index is -1.27. The first-order chi connectivity index (χ1) is 13.0. The van der Waals surface area contributed by atoms with Crippen LogP contribution in [0.15, 0.2) is 11.1 Å². The van der Waals surface area contributed by atoms with Crippen molar-refractivity contribution in [2.24, 2.45) is 28.6 Å². The number of ether oxygens (including phenoxy) is 2. The van der Waals surface area contributed by atoms with Crippen LogP contribution in [0.25, 0.3) is 0 Å². The van der Waals surface area contributed by atoms with Crippen LogP contribution >= 0.6 is 0 Å². The standard InChI is InChI=1S/C22H32O6/c1-10-13(23)8-22(26)11(2)17-20(7-12(20)6-14-21(17,25)9-28-14)18(24)16(27-5)15(10)19(22,3)4/h11-14,16-17,23,25-26H,6-9H2,1-5H3/t11?,12-,13?,14?,16?,17?,20-,21+,22?/m1/s1. The van der Waals surface area contributed by atoms with Crippen LogP contribution in [0.4, 0.5) is 0 Å². The number of ketones is 1. The van der Waals surface area contributed by atoms with Gasteiger partial charge >= 0.3 is 0 Å². The highest BCUT2D eigenvalue weighted by molar-refractivity contribution is 5.96. The normalized spacial score (nSPS) is 56.6. The predicted octanol–water partition coefficient (Wildman–Crippen LogP) is 1.21. The zero-order chi connectivity index (χ0) is 20.4. The smallest absolute Gasteiger partial charge is 0.172 e. The van der Waals surface area contributed by atoms with Crippen molar-refractivity contribution in [3.05, 3.63) is 11.1 Å². The largest absolute Gasteiger partial charge is 0.389 e. The van der Waals surface area contributed by atoms with Crippen molar-refractivity contribution in [3.63, 3.8) is 0 Å². The van der Waals surface area contributed by atoms with E-state index < -0.39 is 40.2 Å². The number of aliphatic hydroxyl groups excluding tert-OH is 1. The summed E-state index contributed by atoms with van der Waals surface area (Å²) in [4.78, 5) is 14.0. The van der Waals surface area contributed by atoms with Crippen LogP contribution in [0.3, 0.4) is 0 Å². The lowest BCUT2D eigenvalue weighted by atomic mass is 9.46.